The van der Waals surface area contributed by atoms with Gasteiger partial charge < -0.3 is 14.4 Å². The van der Waals surface area contributed by atoms with Gasteiger partial charge in [0.15, 0.2) is 0 Å². The molecule has 1 aromatic carbocycles. The SMILES string of the molecule is CCCCN1CC[C@@H](c2cccs2)[C@H](COc2cccc(OC)c2)C1. The molecule has 0 bridgehead atoms. The molecule has 0 N–H and O–H groups in total. The van der Waals surface area contributed by atoms with Crippen molar-refractivity contribution in [3.63, 3.8) is 0 Å². The zero-order chi connectivity index (χ0) is 17.5. The summed E-state index contributed by atoms with van der Waals surface area (Å²) in [4.78, 5) is 4.13. The molecule has 2 aromatic rings. The molecule has 0 unspecified atom stereocenters. The number of piperidine rings is 1. The minimum atomic E-state index is 0.537. The lowest BCUT2D eigenvalue weighted by atomic mass is 9.84. The molecule has 1 aliphatic heterocycles. The van der Waals surface area contributed by atoms with E-state index in [-0.39, 0.29) is 0 Å². The predicted molar refractivity (Wildman–Crippen MR) is 105 cm³/mol. The fourth-order valence-corrected chi connectivity index (χ4v) is 4.59. The maximum atomic E-state index is 6.17. The standard InChI is InChI=1S/C21H29NO2S/c1-3-4-11-22-12-10-20(21-9-6-13-25-21)17(15-22)16-24-19-8-5-7-18(14-19)23-2/h5-9,13-14,17,20H,3-4,10-12,15-16H2,1-2H3/t17-,20+/m0/s1. The van der Waals surface area contributed by atoms with Crippen LogP contribution < -0.4 is 9.47 Å². The first-order chi connectivity index (χ1) is 12.3. The molecule has 3 nitrogen and oxygen atoms in total. The first-order valence-electron chi connectivity index (χ1n) is 9.32. The Labute approximate surface area is 155 Å². The van der Waals surface area contributed by atoms with Crippen molar-refractivity contribution in [1.29, 1.82) is 0 Å². The average Bonchev–Trinajstić information content (AvgIpc) is 3.19. The molecule has 1 aliphatic rings. The lowest BCUT2D eigenvalue weighted by Gasteiger charge is -2.38. The van der Waals surface area contributed by atoms with E-state index in [2.05, 4.69) is 29.3 Å². The smallest absolute Gasteiger partial charge is 0.122 e. The fraction of sp³-hybridized carbons (Fsp3) is 0.524. The Kier molecular flexibility index (Phi) is 6.76. The normalized spacial score (nSPS) is 21.2. The highest BCUT2D eigenvalue weighted by atomic mass is 32.1. The molecule has 0 spiro atoms. The summed E-state index contributed by atoms with van der Waals surface area (Å²) in [5.74, 6) is 2.90. The number of thiophene rings is 1. The summed E-state index contributed by atoms with van der Waals surface area (Å²) in [6.45, 7) is 6.58. The van der Waals surface area contributed by atoms with E-state index in [0.717, 1.165) is 24.7 Å². The molecule has 3 rings (SSSR count). The number of unbranched alkanes of at least 4 members (excludes halogenated alkanes) is 1. The van der Waals surface area contributed by atoms with Crippen LogP contribution in [0.5, 0.6) is 11.5 Å². The van der Waals surface area contributed by atoms with E-state index in [1.165, 1.54) is 37.2 Å². The van der Waals surface area contributed by atoms with E-state index in [0.29, 0.717) is 11.8 Å². The third-order valence-corrected chi connectivity index (χ3v) is 6.06. The maximum Gasteiger partial charge on any atom is 0.122 e. The van der Waals surface area contributed by atoms with Gasteiger partial charge in [-0.25, -0.2) is 0 Å². The maximum absolute atomic E-state index is 6.17. The molecule has 4 heteroatoms. The number of nitrogens with zero attached hydrogens (tertiary/aromatic N) is 1. The monoisotopic (exact) mass is 359 g/mol. The predicted octanol–water partition coefficient (Wildman–Crippen LogP) is 5.04. The topological polar surface area (TPSA) is 21.7 Å². The van der Waals surface area contributed by atoms with Crippen LogP contribution in [0, 0.1) is 5.92 Å². The average molecular weight is 360 g/mol. The minimum absolute atomic E-state index is 0.537. The Bertz CT molecular complexity index is 629. The minimum Gasteiger partial charge on any atom is -0.497 e. The zero-order valence-corrected chi connectivity index (χ0v) is 16.1. The van der Waals surface area contributed by atoms with E-state index in [1.807, 2.05) is 35.6 Å². The Morgan fingerprint density at radius 3 is 2.84 bits per heavy atom. The molecule has 136 valence electrons. The number of hydrogen-bond acceptors (Lipinski definition) is 4. The molecule has 2 atom stereocenters. The van der Waals surface area contributed by atoms with Crippen LogP contribution in [0.1, 0.15) is 37.0 Å². The quantitative estimate of drug-likeness (QED) is 0.659. The summed E-state index contributed by atoms with van der Waals surface area (Å²) < 4.78 is 11.5. The van der Waals surface area contributed by atoms with Gasteiger partial charge in [-0.3, -0.25) is 0 Å². The molecule has 1 fully saturated rings. The molecule has 1 aromatic heterocycles. The van der Waals surface area contributed by atoms with E-state index >= 15 is 0 Å². The Morgan fingerprint density at radius 1 is 1.20 bits per heavy atom. The van der Waals surface area contributed by atoms with Crippen molar-refractivity contribution < 1.29 is 9.47 Å². The lowest BCUT2D eigenvalue weighted by Crippen LogP contribution is -2.42. The van der Waals surface area contributed by atoms with E-state index in [4.69, 9.17) is 9.47 Å². The van der Waals surface area contributed by atoms with E-state index < -0.39 is 0 Å². The molecule has 0 saturated carbocycles. The van der Waals surface area contributed by atoms with E-state index in [9.17, 15) is 0 Å². The second-order valence-electron chi connectivity index (χ2n) is 6.81. The lowest BCUT2D eigenvalue weighted by molar-refractivity contribution is 0.111. The van der Waals surface area contributed by atoms with Crippen molar-refractivity contribution in [1.82, 2.24) is 4.90 Å². The number of ether oxygens (including phenoxy) is 2. The summed E-state index contributed by atoms with van der Waals surface area (Å²) in [6, 6.07) is 12.4. The zero-order valence-electron chi connectivity index (χ0n) is 15.3. The van der Waals surface area contributed by atoms with Crippen molar-refractivity contribution in [3.8, 4) is 11.5 Å². The van der Waals surface area contributed by atoms with Gasteiger partial charge in [0.05, 0.1) is 13.7 Å². The van der Waals surface area contributed by atoms with Crippen LogP contribution in [0.2, 0.25) is 0 Å². The van der Waals surface area contributed by atoms with Gasteiger partial charge in [-0.1, -0.05) is 25.5 Å². The van der Waals surface area contributed by atoms with Crippen molar-refractivity contribution in [2.24, 2.45) is 5.92 Å². The second-order valence-corrected chi connectivity index (χ2v) is 7.79. The number of benzene rings is 1. The fourth-order valence-electron chi connectivity index (χ4n) is 3.63. The molecular weight excluding hydrogens is 330 g/mol. The highest BCUT2D eigenvalue weighted by molar-refractivity contribution is 7.10. The van der Waals surface area contributed by atoms with Crippen molar-refractivity contribution >= 4 is 11.3 Å². The van der Waals surface area contributed by atoms with Gasteiger partial charge in [-0.05, 0) is 49.5 Å². The third-order valence-electron chi connectivity index (χ3n) is 5.06. The van der Waals surface area contributed by atoms with Crippen LogP contribution in [-0.4, -0.2) is 38.3 Å². The van der Waals surface area contributed by atoms with Gasteiger partial charge in [0.1, 0.15) is 11.5 Å². The van der Waals surface area contributed by atoms with Gasteiger partial charge in [-0.15, -0.1) is 11.3 Å². The van der Waals surface area contributed by atoms with Gasteiger partial charge in [0.25, 0.3) is 0 Å². The summed E-state index contributed by atoms with van der Waals surface area (Å²) in [7, 11) is 1.69. The summed E-state index contributed by atoms with van der Waals surface area (Å²) >= 11 is 1.89. The van der Waals surface area contributed by atoms with Gasteiger partial charge >= 0.3 is 0 Å². The van der Waals surface area contributed by atoms with Gasteiger partial charge in [0.2, 0.25) is 0 Å². The second kappa shape index (κ2) is 9.25. The molecular formula is C21H29NO2S. The molecule has 1 saturated heterocycles. The van der Waals surface area contributed by atoms with E-state index in [1.54, 1.807) is 7.11 Å². The van der Waals surface area contributed by atoms with Crippen LogP contribution >= 0.6 is 11.3 Å². The van der Waals surface area contributed by atoms with Crippen molar-refractivity contribution in [2.45, 2.75) is 32.1 Å². The van der Waals surface area contributed by atoms with Crippen LogP contribution in [0.4, 0.5) is 0 Å². The van der Waals surface area contributed by atoms with Gasteiger partial charge in [0, 0.05) is 29.3 Å². The largest absolute Gasteiger partial charge is 0.497 e. The Morgan fingerprint density at radius 2 is 2.08 bits per heavy atom. The van der Waals surface area contributed by atoms with Crippen LogP contribution in [0.15, 0.2) is 41.8 Å². The molecule has 25 heavy (non-hydrogen) atoms. The summed E-state index contributed by atoms with van der Waals surface area (Å²) in [6.07, 6.45) is 3.78. The number of rotatable bonds is 8. The highest BCUT2D eigenvalue weighted by Gasteiger charge is 2.31. The number of methoxy groups -OCH3 is 1. The summed E-state index contributed by atoms with van der Waals surface area (Å²) in [5.41, 5.74) is 0. The first kappa shape index (κ1) is 18.3. The first-order valence-corrected chi connectivity index (χ1v) is 10.2. The van der Waals surface area contributed by atoms with Crippen LogP contribution in [-0.2, 0) is 0 Å². The number of likely N-dealkylation sites (tertiary alicyclic amines) is 1. The van der Waals surface area contributed by atoms with Crippen LogP contribution in [0.25, 0.3) is 0 Å². The van der Waals surface area contributed by atoms with Crippen molar-refractivity contribution in [3.05, 3.63) is 46.7 Å². The molecule has 2 heterocycles. The van der Waals surface area contributed by atoms with Crippen molar-refractivity contribution in [2.75, 3.05) is 33.4 Å². The number of hydrogen-bond donors (Lipinski definition) is 0. The Hall–Kier alpha value is -1.52. The highest BCUT2D eigenvalue weighted by Crippen LogP contribution is 2.36. The Balaban J connectivity index is 1.66. The molecule has 0 aliphatic carbocycles. The third kappa shape index (κ3) is 4.99. The van der Waals surface area contributed by atoms with Gasteiger partial charge in [-0.2, -0.15) is 0 Å². The molecule has 0 radical (unpaired) electrons. The molecule has 0 amide bonds. The summed E-state index contributed by atoms with van der Waals surface area (Å²) in [5, 5.41) is 2.19. The van der Waals surface area contributed by atoms with Crippen LogP contribution in [0.3, 0.4) is 0 Å².